The molecular weight excluding hydrogens is 252 g/mol. The standard InChI is InChI=1S/C14H16N6/c1-19(2)14-16-13(17-18-14)11-6-4-5-10(9-11)12-7-8-15-20(12)3/h4-9H,1-3H3,(H,16,17,18). The van der Waals surface area contributed by atoms with E-state index in [9.17, 15) is 0 Å². The molecule has 20 heavy (non-hydrogen) atoms. The molecule has 0 amide bonds. The summed E-state index contributed by atoms with van der Waals surface area (Å²) in [7, 11) is 5.76. The molecule has 0 aliphatic carbocycles. The van der Waals surface area contributed by atoms with E-state index in [1.165, 1.54) is 0 Å². The zero-order valence-corrected chi connectivity index (χ0v) is 11.7. The van der Waals surface area contributed by atoms with Crippen LogP contribution in [-0.4, -0.2) is 39.1 Å². The Morgan fingerprint density at radius 2 is 1.95 bits per heavy atom. The van der Waals surface area contributed by atoms with Gasteiger partial charge in [-0.2, -0.15) is 10.1 Å². The van der Waals surface area contributed by atoms with Gasteiger partial charge in [-0.3, -0.25) is 9.78 Å². The maximum absolute atomic E-state index is 4.46. The zero-order chi connectivity index (χ0) is 14.1. The minimum absolute atomic E-state index is 0.672. The smallest absolute Gasteiger partial charge is 0.244 e. The van der Waals surface area contributed by atoms with Crippen LogP contribution in [0.1, 0.15) is 0 Å². The summed E-state index contributed by atoms with van der Waals surface area (Å²) < 4.78 is 1.85. The van der Waals surface area contributed by atoms with Gasteiger partial charge in [-0.15, -0.1) is 5.10 Å². The Balaban J connectivity index is 2.01. The van der Waals surface area contributed by atoms with E-state index in [0.717, 1.165) is 22.6 Å². The van der Waals surface area contributed by atoms with Gasteiger partial charge in [0.05, 0.1) is 5.69 Å². The monoisotopic (exact) mass is 268 g/mol. The minimum Gasteiger partial charge on any atom is -0.346 e. The van der Waals surface area contributed by atoms with E-state index in [0.29, 0.717) is 5.95 Å². The molecule has 3 rings (SSSR count). The molecule has 0 unspecified atom stereocenters. The van der Waals surface area contributed by atoms with Crippen LogP contribution >= 0.6 is 0 Å². The second-order valence-electron chi connectivity index (χ2n) is 4.80. The third-order valence-corrected chi connectivity index (χ3v) is 3.13. The number of aromatic amines is 1. The van der Waals surface area contributed by atoms with E-state index < -0.39 is 0 Å². The van der Waals surface area contributed by atoms with Crippen molar-refractivity contribution in [3.8, 4) is 22.6 Å². The van der Waals surface area contributed by atoms with Crippen molar-refractivity contribution in [3.63, 3.8) is 0 Å². The first-order valence-electron chi connectivity index (χ1n) is 6.33. The lowest BCUT2D eigenvalue weighted by Gasteiger charge is -2.05. The molecule has 0 saturated carbocycles. The second kappa shape index (κ2) is 4.80. The first-order chi connectivity index (χ1) is 9.65. The van der Waals surface area contributed by atoms with Gasteiger partial charge < -0.3 is 4.90 Å². The van der Waals surface area contributed by atoms with Crippen molar-refractivity contribution in [1.82, 2.24) is 25.0 Å². The van der Waals surface area contributed by atoms with Crippen LogP contribution in [0, 0.1) is 0 Å². The first-order valence-corrected chi connectivity index (χ1v) is 6.33. The van der Waals surface area contributed by atoms with E-state index in [1.807, 2.05) is 48.9 Å². The molecule has 2 heterocycles. The molecule has 3 aromatic rings. The molecule has 0 spiro atoms. The van der Waals surface area contributed by atoms with Crippen molar-refractivity contribution >= 4 is 5.95 Å². The molecular formula is C14H16N6. The van der Waals surface area contributed by atoms with Gasteiger partial charge in [-0.1, -0.05) is 18.2 Å². The van der Waals surface area contributed by atoms with E-state index in [2.05, 4.69) is 32.4 Å². The Morgan fingerprint density at radius 1 is 1.15 bits per heavy atom. The molecule has 0 bridgehead atoms. The topological polar surface area (TPSA) is 62.6 Å². The maximum Gasteiger partial charge on any atom is 0.244 e. The lowest BCUT2D eigenvalue weighted by Crippen LogP contribution is -2.10. The Bertz CT molecular complexity index is 725. The summed E-state index contributed by atoms with van der Waals surface area (Å²) >= 11 is 0. The molecule has 1 N–H and O–H groups in total. The van der Waals surface area contributed by atoms with Crippen molar-refractivity contribution in [1.29, 1.82) is 0 Å². The zero-order valence-electron chi connectivity index (χ0n) is 11.7. The van der Waals surface area contributed by atoms with E-state index in [-0.39, 0.29) is 0 Å². The molecule has 0 fully saturated rings. The quantitative estimate of drug-likeness (QED) is 0.788. The highest BCUT2D eigenvalue weighted by Gasteiger charge is 2.09. The number of nitrogens with zero attached hydrogens (tertiary/aromatic N) is 5. The van der Waals surface area contributed by atoms with Crippen molar-refractivity contribution < 1.29 is 0 Å². The number of hydrogen-bond donors (Lipinski definition) is 1. The molecule has 102 valence electrons. The number of rotatable bonds is 3. The highest BCUT2D eigenvalue weighted by molar-refractivity contribution is 5.68. The summed E-state index contributed by atoms with van der Waals surface area (Å²) in [4.78, 5) is 6.33. The third kappa shape index (κ3) is 2.16. The van der Waals surface area contributed by atoms with Crippen molar-refractivity contribution in [2.75, 3.05) is 19.0 Å². The second-order valence-corrected chi connectivity index (χ2v) is 4.80. The van der Waals surface area contributed by atoms with Gasteiger partial charge in [-0.05, 0) is 12.1 Å². The van der Waals surface area contributed by atoms with Crippen LogP contribution in [0.25, 0.3) is 22.6 Å². The molecule has 6 nitrogen and oxygen atoms in total. The van der Waals surface area contributed by atoms with Crippen LogP contribution in [0.5, 0.6) is 0 Å². The molecule has 0 atom stereocenters. The van der Waals surface area contributed by atoms with Gasteiger partial charge in [0.2, 0.25) is 5.95 Å². The fourth-order valence-corrected chi connectivity index (χ4v) is 2.06. The van der Waals surface area contributed by atoms with Crippen LogP contribution in [0.2, 0.25) is 0 Å². The number of hydrogen-bond acceptors (Lipinski definition) is 4. The molecule has 0 aliphatic rings. The number of anilines is 1. The number of aromatic nitrogens is 5. The summed E-state index contributed by atoms with van der Waals surface area (Å²) in [5.41, 5.74) is 3.17. The molecule has 0 radical (unpaired) electrons. The maximum atomic E-state index is 4.46. The van der Waals surface area contributed by atoms with Crippen molar-refractivity contribution in [2.45, 2.75) is 0 Å². The molecule has 6 heteroatoms. The van der Waals surface area contributed by atoms with Crippen LogP contribution in [0.4, 0.5) is 5.95 Å². The van der Waals surface area contributed by atoms with E-state index in [4.69, 9.17) is 0 Å². The lowest BCUT2D eigenvalue weighted by molar-refractivity contribution is 0.776. The van der Waals surface area contributed by atoms with Gasteiger partial charge in [0, 0.05) is 38.5 Å². The summed E-state index contributed by atoms with van der Waals surface area (Å²) in [5.74, 6) is 1.43. The highest BCUT2D eigenvalue weighted by Crippen LogP contribution is 2.24. The van der Waals surface area contributed by atoms with Crippen LogP contribution in [-0.2, 0) is 7.05 Å². The Morgan fingerprint density at radius 3 is 2.60 bits per heavy atom. The predicted molar refractivity (Wildman–Crippen MR) is 78.3 cm³/mol. The van der Waals surface area contributed by atoms with Crippen LogP contribution < -0.4 is 4.90 Å². The van der Waals surface area contributed by atoms with Gasteiger partial charge in [-0.25, -0.2) is 0 Å². The van der Waals surface area contributed by atoms with Crippen molar-refractivity contribution in [3.05, 3.63) is 36.5 Å². The molecule has 0 saturated heterocycles. The third-order valence-electron chi connectivity index (χ3n) is 3.13. The SMILES string of the molecule is CN(C)c1n[nH]c(-c2cccc(-c3ccnn3C)c2)n1. The summed E-state index contributed by atoms with van der Waals surface area (Å²) in [5, 5.41) is 11.3. The fraction of sp³-hybridized carbons (Fsp3) is 0.214. The number of aryl methyl sites for hydroxylation is 1. The average Bonchev–Trinajstić information content (AvgIpc) is 3.07. The normalized spacial score (nSPS) is 10.8. The molecule has 1 aromatic carbocycles. The summed E-state index contributed by atoms with van der Waals surface area (Å²) in [6.45, 7) is 0. The predicted octanol–water partition coefficient (Wildman–Crippen LogP) is 1.94. The van der Waals surface area contributed by atoms with E-state index in [1.54, 1.807) is 6.20 Å². The highest BCUT2D eigenvalue weighted by atomic mass is 15.3. The lowest BCUT2D eigenvalue weighted by atomic mass is 10.1. The fourth-order valence-electron chi connectivity index (χ4n) is 2.06. The van der Waals surface area contributed by atoms with E-state index >= 15 is 0 Å². The Labute approximate surface area is 117 Å². The first kappa shape index (κ1) is 12.4. The number of H-pyrrole nitrogens is 1. The average molecular weight is 268 g/mol. The van der Waals surface area contributed by atoms with Gasteiger partial charge >= 0.3 is 0 Å². The van der Waals surface area contributed by atoms with Gasteiger partial charge in [0.25, 0.3) is 0 Å². The van der Waals surface area contributed by atoms with Gasteiger partial charge in [0.1, 0.15) is 0 Å². The van der Waals surface area contributed by atoms with Crippen LogP contribution in [0.3, 0.4) is 0 Å². The number of nitrogens with one attached hydrogen (secondary N) is 1. The summed E-state index contributed by atoms with van der Waals surface area (Å²) in [6, 6.07) is 10.2. The minimum atomic E-state index is 0.672. The van der Waals surface area contributed by atoms with Crippen molar-refractivity contribution in [2.24, 2.45) is 7.05 Å². The van der Waals surface area contributed by atoms with Gasteiger partial charge in [0.15, 0.2) is 5.82 Å². The molecule has 2 aromatic heterocycles. The van der Waals surface area contributed by atoms with Crippen LogP contribution in [0.15, 0.2) is 36.5 Å². The Hall–Kier alpha value is -2.63. The Kier molecular flexibility index (Phi) is 2.98. The number of benzene rings is 1. The largest absolute Gasteiger partial charge is 0.346 e. The molecule has 0 aliphatic heterocycles. The summed E-state index contributed by atoms with van der Waals surface area (Å²) in [6.07, 6.45) is 1.79.